The number of rotatable bonds is 4. The first-order chi connectivity index (χ1) is 9.81. The molecule has 4 atom stereocenters. The van der Waals surface area contributed by atoms with Crippen LogP contribution in [-0.2, 0) is 18.8 Å². The Labute approximate surface area is 127 Å². The third-order valence-corrected chi connectivity index (χ3v) is 6.28. The Balaban J connectivity index is 1.66. The van der Waals surface area contributed by atoms with Crippen LogP contribution in [0.4, 0.5) is 0 Å². The molecule has 1 aliphatic heterocycles. The Morgan fingerprint density at radius 3 is 2.71 bits per heavy atom. The summed E-state index contributed by atoms with van der Waals surface area (Å²) in [5.41, 5.74) is 0.854. The molecule has 0 aromatic rings. The monoisotopic (exact) mass is 292 g/mol. The number of fused-ring (bicyclic) bond motifs is 5. The minimum Gasteiger partial charge on any atom is -0.463 e. The maximum Gasteiger partial charge on any atom is 0.462 e. The summed E-state index contributed by atoms with van der Waals surface area (Å²) in [7, 11) is -0.354. The lowest BCUT2D eigenvalue weighted by molar-refractivity contribution is -0.138. The zero-order valence-corrected chi connectivity index (χ0v) is 13.5. The third kappa shape index (κ3) is 2.01. The molecule has 4 nitrogen and oxygen atoms in total. The molecule has 0 N–H and O–H groups in total. The van der Waals surface area contributed by atoms with Gasteiger partial charge < -0.3 is 14.0 Å². The number of esters is 1. The largest absolute Gasteiger partial charge is 0.463 e. The van der Waals surface area contributed by atoms with Gasteiger partial charge in [0.15, 0.2) is 0 Å². The minimum atomic E-state index is -0.354. The second-order valence-electron chi connectivity index (χ2n) is 7.40. The van der Waals surface area contributed by atoms with Crippen molar-refractivity contribution in [2.24, 2.45) is 16.7 Å². The number of carbonyl (C=O) groups is 1. The van der Waals surface area contributed by atoms with Gasteiger partial charge >= 0.3 is 13.1 Å². The van der Waals surface area contributed by atoms with E-state index in [0.717, 1.165) is 0 Å². The molecule has 1 saturated heterocycles. The molecule has 116 valence electrons. The molecular formula is C16H25BO4. The van der Waals surface area contributed by atoms with E-state index in [9.17, 15) is 4.79 Å². The van der Waals surface area contributed by atoms with Gasteiger partial charge in [0, 0.05) is 17.3 Å². The molecule has 0 spiro atoms. The van der Waals surface area contributed by atoms with E-state index in [2.05, 4.69) is 27.4 Å². The summed E-state index contributed by atoms with van der Waals surface area (Å²) < 4.78 is 17.3. The Kier molecular flexibility index (Phi) is 3.49. The van der Waals surface area contributed by atoms with Gasteiger partial charge in [0.05, 0.1) is 18.8 Å². The number of ether oxygens (including phenoxy) is 1. The van der Waals surface area contributed by atoms with Crippen molar-refractivity contribution >= 4 is 13.1 Å². The van der Waals surface area contributed by atoms with Crippen molar-refractivity contribution in [2.45, 2.75) is 59.1 Å². The van der Waals surface area contributed by atoms with E-state index >= 15 is 0 Å². The average molecular weight is 292 g/mol. The molecule has 2 aliphatic carbocycles. The molecule has 0 aromatic carbocycles. The van der Waals surface area contributed by atoms with Crippen molar-refractivity contribution < 1.29 is 18.8 Å². The first-order valence-corrected chi connectivity index (χ1v) is 7.97. The van der Waals surface area contributed by atoms with Crippen LogP contribution in [0.3, 0.4) is 0 Å². The fraction of sp³-hybridized carbons (Fsp3) is 0.812. The molecule has 3 rings (SSSR count). The zero-order chi connectivity index (χ0) is 15.4. The highest BCUT2D eigenvalue weighted by Crippen LogP contribution is 2.68. The summed E-state index contributed by atoms with van der Waals surface area (Å²) in [6.45, 7) is 12.9. The molecule has 2 saturated carbocycles. The van der Waals surface area contributed by atoms with Crippen LogP contribution in [-0.4, -0.2) is 31.9 Å². The van der Waals surface area contributed by atoms with Crippen molar-refractivity contribution in [3.63, 3.8) is 0 Å². The molecule has 2 bridgehead atoms. The Morgan fingerprint density at radius 1 is 1.38 bits per heavy atom. The molecule has 0 unspecified atom stereocenters. The topological polar surface area (TPSA) is 44.8 Å². The molecule has 0 aromatic heterocycles. The van der Waals surface area contributed by atoms with Crippen LogP contribution < -0.4 is 0 Å². The highest BCUT2D eigenvalue weighted by Gasteiger charge is 2.70. The highest BCUT2D eigenvalue weighted by atomic mass is 16.7. The van der Waals surface area contributed by atoms with Gasteiger partial charge in [0.2, 0.25) is 0 Å². The summed E-state index contributed by atoms with van der Waals surface area (Å²) >= 11 is 0. The summed E-state index contributed by atoms with van der Waals surface area (Å²) in [5.74, 6) is 0.199. The van der Waals surface area contributed by atoms with Gasteiger partial charge in [-0.1, -0.05) is 27.4 Å². The molecule has 21 heavy (non-hydrogen) atoms. The van der Waals surface area contributed by atoms with E-state index in [4.69, 9.17) is 14.0 Å². The smallest absolute Gasteiger partial charge is 0.462 e. The molecule has 1 heterocycles. The lowest BCUT2D eigenvalue weighted by Gasteiger charge is -2.38. The van der Waals surface area contributed by atoms with Crippen LogP contribution in [0.5, 0.6) is 0 Å². The first-order valence-electron chi connectivity index (χ1n) is 7.97. The SMILES string of the molecule is C=C(CB1O[C@@H]2[C@H]3CC[C@@](C)([C@@H]2O1)C3(C)C)C(=O)OCC. The van der Waals surface area contributed by atoms with Crippen molar-refractivity contribution in [2.75, 3.05) is 6.61 Å². The van der Waals surface area contributed by atoms with Gasteiger partial charge in [-0.3, -0.25) is 0 Å². The average Bonchev–Trinajstić information content (AvgIpc) is 2.96. The number of hydrogen-bond acceptors (Lipinski definition) is 4. The van der Waals surface area contributed by atoms with Gasteiger partial charge in [-0.25, -0.2) is 4.79 Å². The van der Waals surface area contributed by atoms with Crippen LogP contribution in [0, 0.1) is 16.7 Å². The predicted molar refractivity (Wildman–Crippen MR) is 80.7 cm³/mol. The van der Waals surface area contributed by atoms with Crippen LogP contribution >= 0.6 is 0 Å². The van der Waals surface area contributed by atoms with E-state index in [-0.39, 0.29) is 36.1 Å². The molecule has 0 radical (unpaired) electrons. The van der Waals surface area contributed by atoms with Gasteiger partial charge in [-0.15, -0.1) is 0 Å². The normalized spacial score (nSPS) is 39.4. The molecular weight excluding hydrogens is 267 g/mol. The Bertz CT molecular complexity index is 475. The van der Waals surface area contributed by atoms with E-state index < -0.39 is 0 Å². The molecule has 5 heteroatoms. The van der Waals surface area contributed by atoms with E-state index in [0.29, 0.717) is 24.4 Å². The lowest BCUT2D eigenvalue weighted by atomic mass is 9.69. The summed E-state index contributed by atoms with van der Waals surface area (Å²) in [6.07, 6.45) is 3.11. The van der Waals surface area contributed by atoms with Crippen molar-refractivity contribution in [3.05, 3.63) is 12.2 Å². The Morgan fingerprint density at radius 2 is 2.10 bits per heavy atom. The van der Waals surface area contributed by atoms with Crippen LogP contribution in [0.25, 0.3) is 0 Å². The second kappa shape index (κ2) is 4.85. The van der Waals surface area contributed by atoms with Gasteiger partial charge in [-0.2, -0.15) is 0 Å². The highest BCUT2D eigenvalue weighted by molar-refractivity contribution is 6.47. The van der Waals surface area contributed by atoms with Crippen molar-refractivity contribution in [3.8, 4) is 0 Å². The van der Waals surface area contributed by atoms with Crippen LogP contribution in [0.15, 0.2) is 12.2 Å². The van der Waals surface area contributed by atoms with Crippen LogP contribution in [0.1, 0.15) is 40.5 Å². The quantitative estimate of drug-likeness (QED) is 0.454. The van der Waals surface area contributed by atoms with Gasteiger partial charge in [0.1, 0.15) is 0 Å². The van der Waals surface area contributed by atoms with Gasteiger partial charge in [-0.05, 0) is 31.1 Å². The fourth-order valence-corrected chi connectivity index (χ4v) is 4.60. The molecule has 3 fully saturated rings. The van der Waals surface area contributed by atoms with Crippen molar-refractivity contribution in [1.82, 2.24) is 0 Å². The maximum atomic E-state index is 11.7. The number of carbonyl (C=O) groups excluding carboxylic acids is 1. The summed E-state index contributed by atoms with van der Waals surface area (Å²) in [6, 6.07) is 0. The lowest BCUT2D eigenvalue weighted by Crippen LogP contribution is -2.39. The number of hydrogen-bond donors (Lipinski definition) is 0. The zero-order valence-electron chi connectivity index (χ0n) is 13.5. The van der Waals surface area contributed by atoms with E-state index in [1.165, 1.54) is 12.8 Å². The van der Waals surface area contributed by atoms with E-state index in [1.807, 2.05) is 0 Å². The summed E-state index contributed by atoms with van der Waals surface area (Å²) in [4.78, 5) is 11.7. The Hall–Kier alpha value is -0.805. The third-order valence-electron chi connectivity index (χ3n) is 6.28. The second-order valence-corrected chi connectivity index (χ2v) is 7.40. The first kappa shape index (κ1) is 15.1. The standard InChI is InChI=1S/C16H25BO4/c1-6-19-14(18)10(2)9-17-20-12-11-7-8-16(5,13(12)21-17)15(11,3)4/h11-13H,2,6-9H2,1,3-5H3/t11-,12-,13-,16+/m1/s1. The van der Waals surface area contributed by atoms with Crippen molar-refractivity contribution in [1.29, 1.82) is 0 Å². The fourth-order valence-electron chi connectivity index (χ4n) is 4.60. The predicted octanol–water partition coefficient (Wildman–Crippen LogP) is 2.83. The molecule has 0 amide bonds. The van der Waals surface area contributed by atoms with Gasteiger partial charge in [0.25, 0.3) is 0 Å². The molecule has 3 aliphatic rings. The van der Waals surface area contributed by atoms with Crippen LogP contribution in [0.2, 0.25) is 6.32 Å². The summed E-state index contributed by atoms with van der Waals surface area (Å²) in [5, 5.41) is 0. The van der Waals surface area contributed by atoms with E-state index in [1.54, 1.807) is 6.92 Å². The maximum absolute atomic E-state index is 11.7. The minimum absolute atomic E-state index is 0.145.